The molecule has 3 N–H and O–H groups in total. The number of aryl methyl sites for hydroxylation is 1. The van der Waals surface area contributed by atoms with Crippen LogP contribution in [0.3, 0.4) is 0 Å². The van der Waals surface area contributed by atoms with Crippen LogP contribution in [0, 0.1) is 11.6 Å². The van der Waals surface area contributed by atoms with Crippen molar-refractivity contribution >= 4 is 0 Å². The summed E-state index contributed by atoms with van der Waals surface area (Å²) in [5.41, 5.74) is 5.56. The highest BCUT2D eigenvalue weighted by molar-refractivity contribution is 5.29. The van der Waals surface area contributed by atoms with Crippen LogP contribution >= 0.6 is 0 Å². The van der Waals surface area contributed by atoms with Gasteiger partial charge in [-0.25, -0.2) is 4.39 Å². The van der Waals surface area contributed by atoms with Crippen molar-refractivity contribution in [3.63, 3.8) is 0 Å². The summed E-state index contributed by atoms with van der Waals surface area (Å²) in [5.74, 6) is -2.78. The third-order valence-corrected chi connectivity index (χ3v) is 2.04. The van der Waals surface area contributed by atoms with Gasteiger partial charge in [0.25, 0.3) is 0 Å². The van der Waals surface area contributed by atoms with Crippen molar-refractivity contribution < 1.29 is 13.9 Å². The Morgan fingerprint density at radius 1 is 1.14 bits per heavy atom. The first-order chi connectivity index (χ1) is 6.66. The minimum atomic E-state index is -1.17. The first-order valence-corrected chi connectivity index (χ1v) is 4.52. The van der Waals surface area contributed by atoms with E-state index in [1.807, 2.05) is 0 Å². The van der Waals surface area contributed by atoms with Crippen molar-refractivity contribution in [2.45, 2.75) is 19.3 Å². The number of hydrogen-bond acceptors (Lipinski definition) is 2. The fraction of sp³-hybridized carbons (Fsp3) is 0.400. The molecule has 0 fully saturated rings. The molecule has 1 aromatic rings. The Kier molecular flexibility index (Phi) is 3.83. The summed E-state index contributed by atoms with van der Waals surface area (Å²) in [4.78, 5) is 0. The van der Waals surface area contributed by atoms with Crippen molar-refractivity contribution in [1.82, 2.24) is 0 Å². The lowest BCUT2D eigenvalue weighted by molar-refractivity contribution is 0.403. The van der Waals surface area contributed by atoms with Crippen LogP contribution in [0.1, 0.15) is 18.4 Å². The van der Waals surface area contributed by atoms with Gasteiger partial charge in [0.2, 0.25) is 5.82 Å². The zero-order valence-electron chi connectivity index (χ0n) is 7.76. The molecule has 0 aromatic heterocycles. The Labute approximate surface area is 81.4 Å². The van der Waals surface area contributed by atoms with Crippen molar-refractivity contribution in [2.75, 3.05) is 6.54 Å². The number of halogens is 2. The molecule has 0 saturated heterocycles. The Hall–Kier alpha value is -1.16. The second-order valence-corrected chi connectivity index (χ2v) is 3.12. The van der Waals surface area contributed by atoms with E-state index in [1.54, 1.807) is 0 Å². The zero-order valence-corrected chi connectivity index (χ0v) is 7.76. The number of phenols is 1. The third-order valence-electron chi connectivity index (χ3n) is 2.04. The summed E-state index contributed by atoms with van der Waals surface area (Å²) in [6, 6.07) is 2.56. The average Bonchev–Trinajstić information content (AvgIpc) is 2.18. The number of aromatic hydroxyl groups is 1. The molecule has 0 radical (unpaired) electrons. The maximum atomic E-state index is 13.1. The number of phenolic OH excluding ortho intramolecular Hbond substituents is 1. The van der Waals surface area contributed by atoms with E-state index in [-0.39, 0.29) is 5.56 Å². The van der Waals surface area contributed by atoms with Gasteiger partial charge in [-0.05, 0) is 37.4 Å². The van der Waals surface area contributed by atoms with Crippen LogP contribution in [0.5, 0.6) is 5.75 Å². The summed E-state index contributed by atoms with van der Waals surface area (Å²) in [6.45, 7) is 0.544. The predicted octanol–water partition coefficient (Wildman–Crippen LogP) is 1.95. The quantitative estimate of drug-likeness (QED) is 0.731. The number of nitrogens with two attached hydrogens (primary N) is 1. The highest BCUT2D eigenvalue weighted by Crippen LogP contribution is 2.22. The van der Waals surface area contributed by atoms with E-state index < -0.39 is 17.4 Å². The molecular formula is C10H13F2NO. The molecule has 0 aliphatic heterocycles. The first kappa shape index (κ1) is 10.9. The van der Waals surface area contributed by atoms with Crippen molar-refractivity contribution in [2.24, 2.45) is 5.73 Å². The predicted molar refractivity (Wildman–Crippen MR) is 50.0 cm³/mol. The van der Waals surface area contributed by atoms with E-state index in [1.165, 1.54) is 6.07 Å². The van der Waals surface area contributed by atoms with Crippen molar-refractivity contribution in [3.8, 4) is 5.75 Å². The van der Waals surface area contributed by atoms with Gasteiger partial charge in [0, 0.05) is 0 Å². The molecule has 0 unspecified atom stereocenters. The summed E-state index contributed by atoms with van der Waals surface area (Å²) in [6.07, 6.45) is 1.94. The van der Waals surface area contributed by atoms with Gasteiger partial charge in [0.1, 0.15) is 0 Å². The third kappa shape index (κ3) is 2.42. The molecule has 0 saturated carbocycles. The number of rotatable bonds is 4. The molecule has 14 heavy (non-hydrogen) atoms. The molecule has 0 spiro atoms. The second-order valence-electron chi connectivity index (χ2n) is 3.12. The van der Waals surface area contributed by atoms with Crippen molar-refractivity contribution in [1.29, 1.82) is 0 Å². The lowest BCUT2D eigenvalue weighted by atomic mass is 10.1. The molecule has 0 aliphatic rings. The zero-order chi connectivity index (χ0) is 10.6. The number of benzene rings is 1. The van der Waals surface area contributed by atoms with Crippen LogP contribution < -0.4 is 5.73 Å². The van der Waals surface area contributed by atoms with Crippen LogP contribution in [0.15, 0.2) is 12.1 Å². The molecule has 0 aliphatic carbocycles. The van der Waals surface area contributed by atoms with E-state index in [0.717, 1.165) is 18.9 Å². The topological polar surface area (TPSA) is 46.2 Å². The van der Waals surface area contributed by atoms with E-state index in [9.17, 15) is 8.78 Å². The van der Waals surface area contributed by atoms with E-state index in [4.69, 9.17) is 10.8 Å². The monoisotopic (exact) mass is 201 g/mol. The van der Waals surface area contributed by atoms with E-state index in [2.05, 4.69) is 0 Å². The molecule has 78 valence electrons. The molecule has 2 nitrogen and oxygen atoms in total. The Morgan fingerprint density at radius 2 is 1.86 bits per heavy atom. The van der Waals surface area contributed by atoms with Gasteiger partial charge in [0.05, 0.1) is 0 Å². The highest BCUT2D eigenvalue weighted by atomic mass is 19.2. The smallest absolute Gasteiger partial charge is 0.200 e. The van der Waals surface area contributed by atoms with Gasteiger partial charge in [-0.1, -0.05) is 6.07 Å². The normalized spacial score (nSPS) is 10.5. The van der Waals surface area contributed by atoms with Gasteiger partial charge in [-0.2, -0.15) is 4.39 Å². The summed E-state index contributed by atoms with van der Waals surface area (Å²) >= 11 is 0. The summed E-state index contributed by atoms with van der Waals surface area (Å²) < 4.78 is 26.0. The van der Waals surface area contributed by atoms with Gasteiger partial charge in [-0.15, -0.1) is 0 Å². The van der Waals surface area contributed by atoms with Gasteiger partial charge in [-0.3, -0.25) is 0 Å². The first-order valence-electron chi connectivity index (χ1n) is 4.52. The SMILES string of the molecule is NCCCCc1ccc(O)c(F)c1F. The van der Waals surface area contributed by atoms with Crippen LogP contribution in [-0.2, 0) is 6.42 Å². The average molecular weight is 201 g/mol. The summed E-state index contributed by atoms with van der Waals surface area (Å²) in [7, 11) is 0. The number of unbranched alkanes of at least 4 members (excludes halogenated alkanes) is 1. The van der Waals surface area contributed by atoms with Crippen LogP contribution in [-0.4, -0.2) is 11.7 Å². The lowest BCUT2D eigenvalue weighted by Gasteiger charge is -2.04. The van der Waals surface area contributed by atoms with Gasteiger partial charge < -0.3 is 10.8 Å². The molecule has 0 amide bonds. The van der Waals surface area contributed by atoms with E-state index >= 15 is 0 Å². The fourth-order valence-corrected chi connectivity index (χ4v) is 1.23. The molecule has 0 bridgehead atoms. The number of hydrogen-bond donors (Lipinski definition) is 2. The largest absolute Gasteiger partial charge is 0.505 e. The van der Waals surface area contributed by atoms with E-state index in [0.29, 0.717) is 13.0 Å². The van der Waals surface area contributed by atoms with Crippen LogP contribution in [0.4, 0.5) is 8.78 Å². The summed E-state index contributed by atoms with van der Waals surface area (Å²) in [5, 5.41) is 8.86. The highest BCUT2D eigenvalue weighted by Gasteiger charge is 2.11. The molecule has 0 heterocycles. The molecular weight excluding hydrogens is 188 g/mol. The lowest BCUT2D eigenvalue weighted by Crippen LogP contribution is -2.00. The molecule has 4 heteroatoms. The minimum Gasteiger partial charge on any atom is -0.505 e. The molecule has 0 atom stereocenters. The molecule has 1 rings (SSSR count). The Bertz CT molecular complexity index is 315. The maximum Gasteiger partial charge on any atom is 0.200 e. The minimum absolute atomic E-state index is 0.286. The Morgan fingerprint density at radius 3 is 2.50 bits per heavy atom. The standard InChI is InChI=1S/C10H13F2NO/c11-9-7(3-1-2-6-13)4-5-8(14)10(9)12/h4-5,14H,1-3,6,13H2. The fourth-order valence-electron chi connectivity index (χ4n) is 1.23. The van der Waals surface area contributed by atoms with Gasteiger partial charge in [0.15, 0.2) is 11.6 Å². The maximum absolute atomic E-state index is 13.1. The molecule has 1 aromatic carbocycles. The second kappa shape index (κ2) is 4.91. The van der Waals surface area contributed by atoms with Crippen LogP contribution in [0.2, 0.25) is 0 Å². The van der Waals surface area contributed by atoms with Gasteiger partial charge >= 0.3 is 0 Å². The van der Waals surface area contributed by atoms with Crippen LogP contribution in [0.25, 0.3) is 0 Å². The Balaban J connectivity index is 2.73. The van der Waals surface area contributed by atoms with Crippen molar-refractivity contribution in [3.05, 3.63) is 29.3 Å².